The highest BCUT2D eigenvalue weighted by atomic mass is 16.6. The minimum absolute atomic E-state index is 0.0908. The Labute approximate surface area is 105 Å². The molecule has 1 aromatic rings. The maximum absolute atomic E-state index is 11.1. The van der Waals surface area contributed by atoms with Crippen molar-refractivity contribution in [2.24, 2.45) is 5.41 Å². The first-order valence-corrected chi connectivity index (χ1v) is 6.03. The zero-order valence-corrected chi connectivity index (χ0v) is 10.6. The second-order valence-corrected chi connectivity index (χ2v) is 4.63. The van der Waals surface area contributed by atoms with Gasteiger partial charge >= 0.3 is 5.69 Å². The van der Waals surface area contributed by atoms with Gasteiger partial charge in [-0.25, -0.2) is 9.97 Å². The lowest BCUT2D eigenvalue weighted by molar-refractivity contribution is -0.383. The largest absolute Gasteiger partial charge is 0.367 e. The number of nitrogens with one attached hydrogen (secondary N) is 2. The molecule has 0 aromatic carbocycles. The standard InChI is InChI=1S/C11H17N5O2/c1-3-11(4-5-11)6-13-10-8(16(17)18)9(12-2)14-7-15-10/h7H,3-6H2,1-2H3,(H2,12,13,14,15). The smallest absolute Gasteiger partial charge is 0.353 e. The summed E-state index contributed by atoms with van der Waals surface area (Å²) in [6.45, 7) is 2.87. The summed E-state index contributed by atoms with van der Waals surface area (Å²) in [5.41, 5.74) is 0.213. The van der Waals surface area contributed by atoms with E-state index in [1.807, 2.05) is 0 Å². The third-order valence-corrected chi connectivity index (χ3v) is 3.58. The lowest BCUT2D eigenvalue weighted by Gasteiger charge is -2.14. The summed E-state index contributed by atoms with van der Waals surface area (Å²) in [5.74, 6) is 0.526. The van der Waals surface area contributed by atoms with E-state index in [9.17, 15) is 10.1 Å². The predicted molar refractivity (Wildman–Crippen MR) is 68.7 cm³/mol. The number of hydrogen-bond acceptors (Lipinski definition) is 6. The van der Waals surface area contributed by atoms with Crippen LogP contribution in [-0.2, 0) is 0 Å². The molecule has 1 fully saturated rings. The minimum Gasteiger partial charge on any atom is -0.367 e. The normalized spacial score (nSPS) is 16.1. The van der Waals surface area contributed by atoms with E-state index in [2.05, 4.69) is 27.5 Å². The van der Waals surface area contributed by atoms with Crippen LogP contribution in [0.2, 0.25) is 0 Å². The molecular formula is C11H17N5O2. The lowest BCUT2D eigenvalue weighted by atomic mass is 10.0. The lowest BCUT2D eigenvalue weighted by Crippen LogP contribution is -2.16. The van der Waals surface area contributed by atoms with E-state index in [0.717, 1.165) is 13.0 Å². The summed E-state index contributed by atoms with van der Waals surface area (Å²) in [6.07, 6.45) is 4.76. The molecule has 98 valence electrons. The fourth-order valence-electron chi connectivity index (χ4n) is 1.97. The Morgan fingerprint density at radius 3 is 2.61 bits per heavy atom. The van der Waals surface area contributed by atoms with Crippen molar-refractivity contribution in [3.63, 3.8) is 0 Å². The van der Waals surface area contributed by atoms with Crippen molar-refractivity contribution in [2.45, 2.75) is 26.2 Å². The van der Waals surface area contributed by atoms with Gasteiger partial charge in [-0.15, -0.1) is 0 Å². The summed E-state index contributed by atoms with van der Waals surface area (Å²) in [5, 5.41) is 16.9. The molecule has 2 N–H and O–H groups in total. The van der Waals surface area contributed by atoms with Crippen LogP contribution in [0, 0.1) is 15.5 Å². The Balaban J connectivity index is 2.19. The van der Waals surface area contributed by atoms with Gasteiger partial charge in [-0.1, -0.05) is 6.92 Å². The summed E-state index contributed by atoms with van der Waals surface area (Å²) >= 11 is 0. The average Bonchev–Trinajstić information content (AvgIpc) is 3.16. The van der Waals surface area contributed by atoms with E-state index >= 15 is 0 Å². The maximum Gasteiger partial charge on any atom is 0.353 e. The highest BCUT2D eigenvalue weighted by Crippen LogP contribution is 2.48. The van der Waals surface area contributed by atoms with Crippen LogP contribution in [0.4, 0.5) is 17.3 Å². The quantitative estimate of drug-likeness (QED) is 0.593. The van der Waals surface area contributed by atoms with Crippen LogP contribution in [0.1, 0.15) is 26.2 Å². The zero-order chi connectivity index (χ0) is 13.2. The van der Waals surface area contributed by atoms with E-state index < -0.39 is 4.92 Å². The molecule has 0 saturated heterocycles. The fraction of sp³-hybridized carbons (Fsp3) is 0.636. The molecule has 18 heavy (non-hydrogen) atoms. The van der Waals surface area contributed by atoms with Crippen LogP contribution < -0.4 is 10.6 Å². The predicted octanol–water partition coefficient (Wildman–Crippen LogP) is 2.03. The van der Waals surface area contributed by atoms with E-state index in [0.29, 0.717) is 11.2 Å². The van der Waals surface area contributed by atoms with Crippen LogP contribution >= 0.6 is 0 Å². The Morgan fingerprint density at radius 2 is 2.11 bits per heavy atom. The number of nitro groups is 1. The van der Waals surface area contributed by atoms with Crippen molar-refractivity contribution >= 4 is 17.3 Å². The number of rotatable bonds is 6. The molecule has 0 aliphatic heterocycles. The summed E-state index contributed by atoms with van der Waals surface area (Å²) in [6, 6.07) is 0. The Hall–Kier alpha value is -1.92. The molecule has 1 aliphatic rings. The van der Waals surface area contributed by atoms with Crippen LogP contribution in [0.25, 0.3) is 0 Å². The molecule has 2 rings (SSSR count). The van der Waals surface area contributed by atoms with Gasteiger partial charge in [-0.2, -0.15) is 0 Å². The highest BCUT2D eigenvalue weighted by Gasteiger charge is 2.40. The molecule has 0 amide bonds. The maximum atomic E-state index is 11.1. The second kappa shape index (κ2) is 4.75. The van der Waals surface area contributed by atoms with Gasteiger partial charge in [0.2, 0.25) is 11.6 Å². The molecule has 0 bridgehead atoms. The van der Waals surface area contributed by atoms with Crippen molar-refractivity contribution in [3.8, 4) is 0 Å². The van der Waals surface area contributed by atoms with Crippen molar-refractivity contribution in [1.29, 1.82) is 0 Å². The van der Waals surface area contributed by atoms with Gasteiger partial charge in [-0.3, -0.25) is 10.1 Å². The van der Waals surface area contributed by atoms with Gasteiger partial charge in [0, 0.05) is 13.6 Å². The van der Waals surface area contributed by atoms with Gasteiger partial charge < -0.3 is 10.6 Å². The molecule has 1 heterocycles. The van der Waals surface area contributed by atoms with Crippen molar-refractivity contribution < 1.29 is 4.92 Å². The van der Waals surface area contributed by atoms with E-state index in [-0.39, 0.29) is 11.5 Å². The third kappa shape index (κ3) is 2.34. The highest BCUT2D eigenvalue weighted by molar-refractivity contribution is 5.69. The molecule has 1 aliphatic carbocycles. The first-order valence-electron chi connectivity index (χ1n) is 6.03. The molecule has 1 aromatic heterocycles. The Kier molecular flexibility index (Phi) is 3.31. The number of hydrogen-bond donors (Lipinski definition) is 2. The topological polar surface area (TPSA) is 93.0 Å². The third-order valence-electron chi connectivity index (χ3n) is 3.58. The summed E-state index contributed by atoms with van der Waals surface area (Å²) in [4.78, 5) is 18.4. The van der Waals surface area contributed by atoms with Crippen molar-refractivity contribution in [1.82, 2.24) is 9.97 Å². The van der Waals surface area contributed by atoms with Gasteiger partial charge in [0.25, 0.3) is 0 Å². The molecule has 1 saturated carbocycles. The van der Waals surface area contributed by atoms with Crippen molar-refractivity contribution in [2.75, 3.05) is 24.2 Å². The van der Waals surface area contributed by atoms with Crippen LogP contribution in [-0.4, -0.2) is 28.5 Å². The monoisotopic (exact) mass is 251 g/mol. The zero-order valence-electron chi connectivity index (χ0n) is 10.6. The van der Waals surface area contributed by atoms with Crippen LogP contribution in [0.5, 0.6) is 0 Å². The molecule has 7 nitrogen and oxygen atoms in total. The Bertz CT molecular complexity index is 459. The second-order valence-electron chi connectivity index (χ2n) is 4.63. The molecule has 0 unspecified atom stereocenters. The fourth-order valence-corrected chi connectivity index (χ4v) is 1.97. The molecule has 7 heteroatoms. The molecule has 0 spiro atoms. The van der Waals surface area contributed by atoms with E-state index in [1.165, 1.54) is 19.2 Å². The molecule has 0 radical (unpaired) electrons. The molecule has 0 atom stereocenters. The summed E-state index contributed by atoms with van der Waals surface area (Å²) < 4.78 is 0. The van der Waals surface area contributed by atoms with Gasteiger partial charge in [0.15, 0.2) is 0 Å². The number of anilines is 2. The van der Waals surface area contributed by atoms with E-state index in [4.69, 9.17) is 0 Å². The number of aromatic nitrogens is 2. The van der Waals surface area contributed by atoms with Crippen molar-refractivity contribution in [3.05, 3.63) is 16.4 Å². The van der Waals surface area contributed by atoms with Gasteiger partial charge in [0.1, 0.15) is 6.33 Å². The first kappa shape index (κ1) is 12.5. The SMILES string of the molecule is CCC1(CNc2ncnc(NC)c2[N+](=O)[O-])CC1. The van der Waals surface area contributed by atoms with Crippen LogP contribution in [0.3, 0.4) is 0 Å². The van der Waals surface area contributed by atoms with Crippen LogP contribution in [0.15, 0.2) is 6.33 Å². The Morgan fingerprint density at radius 1 is 1.44 bits per heavy atom. The molecular weight excluding hydrogens is 234 g/mol. The first-order chi connectivity index (χ1) is 8.62. The summed E-state index contributed by atoms with van der Waals surface area (Å²) in [7, 11) is 1.60. The minimum atomic E-state index is -0.459. The van der Waals surface area contributed by atoms with E-state index in [1.54, 1.807) is 7.05 Å². The number of nitrogens with zero attached hydrogens (tertiary/aromatic N) is 3. The average molecular weight is 251 g/mol. The van der Waals surface area contributed by atoms with Gasteiger partial charge in [0.05, 0.1) is 4.92 Å². The van der Waals surface area contributed by atoms with Gasteiger partial charge in [-0.05, 0) is 24.7 Å².